The Morgan fingerprint density at radius 1 is 1.19 bits per heavy atom. The highest BCUT2D eigenvalue weighted by Crippen LogP contribution is 2.33. The van der Waals surface area contributed by atoms with Gasteiger partial charge in [-0.1, -0.05) is 6.07 Å². The average molecular weight is 349 g/mol. The van der Waals surface area contributed by atoms with Crippen LogP contribution in [0.1, 0.15) is 11.1 Å². The first-order valence-electron chi connectivity index (χ1n) is 6.29. The smallest absolute Gasteiger partial charge is 0.231 e. The monoisotopic (exact) mass is 348 g/mol. The van der Waals surface area contributed by atoms with Crippen molar-refractivity contribution in [2.45, 2.75) is 6.61 Å². The highest BCUT2D eigenvalue weighted by atomic mass is 79.9. The number of amidine groups is 1. The minimum atomic E-state index is 0.0259. The first kappa shape index (κ1) is 13.8. The van der Waals surface area contributed by atoms with Crippen LogP contribution in [0.3, 0.4) is 0 Å². The normalized spacial score (nSPS) is 12.2. The highest BCUT2D eigenvalue weighted by molar-refractivity contribution is 9.10. The van der Waals surface area contributed by atoms with E-state index in [0.717, 1.165) is 21.5 Å². The third-order valence-corrected chi connectivity index (χ3v) is 3.69. The Balaban J connectivity index is 1.71. The Labute approximate surface area is 130 Å². The standard InChI is InChI=1S/C15H13BrN2O3/c16-11-6-10(15(17)18)2-4-12(11)19-7-9-1-3-13-14(5-9)21-8-20-13/h1-6H,7-8H2,(H3,17,18). The fourth-order valence-corrected chi connectivity index (χ4v) is 2.47. The molecule has 0 spiro atoms. The van der Waals surface area contributed by atoms with Gasteiger partial charge in [0.05, 0.1) is 4.47 Å². The quantitative estimate of drug-likeness (QED) is 0.657. The Morgan fingerprint density at radius 3 is 2.76 bits per heavy atom. The summed E-state index contributed by atoms with van der Waals surface area (Å²) in [5.41, 5.74) is 7.08. The lowest BCUT2D eigenvalue weighted by Crippen LogP contribution is -2.10. The molecule has 0 saturated heterocycles. The third-order valence-electron chi connectivity index (χ3n) is 3.07. The molecule has 1 aliphatic rings. The molecular formula is C15H13BrN2O3. The Kier molecular flexibility index (Phi) is 3.70. The van der Waals surface area contributed by atoms with Gasteiger partial charge in [-0.3, -0.25) is 5.41 Å². The van der Waals surface area contributed by atoms with Crippen molar-refractivity contribution < 1.29 is 14.2 Å². The molecule has 3 N–H and O–H groups in total. The maximum atomic E-state index is 7.40. The summed E-state index contributed by atoms with van der Waals surface area (Å²) in [6.07, 6.45) is 0. The second-order valence-electron chi connectivity index (χ2n) is 4.54. The van der Waals surface area contributed by atoms with Crippen LogP contribution in [-0.2, 0) is 6.61 Å². The molecule has 1 aliphatic heterocycles. The van der Waals surface area contributed by atoms with Crippen molar-refractivity contribution in [3.8, 4) is 17.2 Å². The summed E-state index contributed by atoms with van der Waals surface area (Å²) < 4.78 is 17.1. The summed E-state index contributed by atoms with van der Waals surface area (Å²) in [5, 5.41) is 7.40. The number of nitrogens with two attached hydrogens (primary N) is 1. The third kappa shape index (κ3) is 2.95. The topological polar surface area (TPSA) is 77.6 Å². The summed E-state index contributed by atoms with van der Waals surface area (Å²) in [4.78, 5) is 0. The number of nitrogens with one attached hydrogen (secondary N) is 1. The summed E-state index contributed by atoms with van der Waals surface area (Å²) >= 11 is 3.42. The molecule has 2 aromatic rings. The van der Waals surface area contributed by atoms with E-state index in [0.29, 0.717) is 17.9 Å². The van der Waals surface area contributed by atoms with Crippen LogP contribution < -0.4 is 19.9 Å². The van der Waals surface area contributed by atoms with Crippen LogP contribution in [0.2, 0.25) is 0 Å². The zero-order valence-electron chi connectivity index (χ0n) is 11.1. The molecule has 0 amide bonds. The summed E-state index contributed by atoms with van der Waals surface area (Å²) in [6.45, 7) is 0.673. The van der Waals surface area contributed by atoms with Gasteiger partial charge in [0, 0.05) is 5.56 Å². The van der Waals surface area contributed by atoms with Crippen molar-refractivity contribution in [3.05, 3.63) is 52.0 Å². The first-order chi connectivity index (χ1) is 10.1. The van der Waals surface area contributed by atoms with Gasteiger partial charge < -0.3 is 19.9 Å². The van der Waals surface area contributed by atoms with Crippen LogP contribution >= 0.6 is 15.9 Å². The number of nitrogen functional groups attached to an aromatic ring is 1. The van der Waals surface area contributed by atoms with Crippen LogP contribution in [0.4, 0.5) is 0 Å². The number of hydrogen-bond donors (Lipinski definition) is 2. The fourth-order valence-electron chi connectivity index (χ4n) is 1.98. The number of benzene rings is 2. The Hall–Kier alpha value is -2.21. The lowest BCUT2D eigenvalue weighted by atomic mass is 10.2. The first-order valence-corrected chi connectivity index (χ1v) is 7.08. The van der Waals surface area contributed by atoms with Gasteiger partial charge in [0.15, 0.2) is 11.5 Å². The molecule has 0 atom stereocenters. The predicted octanol–water partition coefficient (Wildman–Crippen LogP) is 3.04. The van der Waals surface area contributed by atoms with Crippen molar-refractivity contribution in [1.82, 2.24) is 0 Å². The summed E-state index contributed by atoms with van der Waals surface area (Å²) in [6, 6.07) is 11.0. The van der Waals surface area contributed by atoms with Crippen molar-refractivity contribution in [3.63, 3.8) is 0 Å². The van der Waals surface area contributed by atoms with Gasteiger partial charge in [-0.25, -0.2) is 0 Å². The fraction of sp³-hybridized carbons (Fsp3) is 0.133. The van der Waals surface area contributed by atoms with Crippen LogP contribution in [0, 0.1) is 5.41 Å². The van der Waals surface area contributed by atoms with E-state index in [-0.39, 0.29) is 12.6 Å². The largest absolute Gasteiger partial charge is 0.488 e. The average Bonchev–Trinajstić information content (AvgIpc) is 2.93. The van der Waals surface area contributed by atoms with E-state index < -0.39 is 0 Å². The molecule has 1 heterocycles. The number of ether oxygens (including phenoxy) is 3. The van der Waals surface area contributed by atoms with Crippen molar-refractivity contribution in [1.29, 1.82) is 5.41 Å². The van der Waals surface area contributed by atoms with Crippen molar-refractivity contribution in [2.75, 3.05) is 6.79 Å². The molecule has 0 aromatic heterocycles. The number of fused-ring (bicyclic) bond motifs is 1. The molecular weight excluding hydrogens is 336 g/mol. The number of halogens is 1. The molecule has 0 fully saturated rings. The lowest BCUT2D eigenvalue weighted by molar-refractivity contribution is 0.174. The van der Waals surface area contributed by atoms with E-state index in [1.54, 1.807) is 18.2 Å². The van der Waals surface area contributed by atoms with E-state index in [1.165, 1.54) is 0 Å². The summed E-state index contributed by atoms with van der Waals surface area (Å²) in [5.74, 6) is 2.21. The Bertz CT molecular complexity index is 703. The molecule has 21 heavy (non-hydrogen) atoms. The molecule has 108 valence electrons. The van der Waals surface area contributed by atoms with E-state index in [2.05, 4.69) is 15.9 Å². The van der Waals surface area contributed by atoms with E-state index in [4.69, 9.17) is 25.4 Å². The molecule has 2 aromatic carbocycles. The number of hydrogen-bond acceptors (Lipinski definition) is 4. The molecule has 0 unspecified atom stereocenters. The maximum Gasteiger partial charge on any atom is 0.231 e. The van der Waals surface area contributed by atoms with Gasteiger partial charge in [0.25, 0.3) is 0 Å². The zero-order valence-corrected chi connectivity index (χ0v) is 12.6. The minimum absolute atomic E-state index is 0.0259. The van der Waals surface area contributed by atoms with E-state index in [9.17, 15) is 0 Å². The molecule has 0 radical (unpaired) electrons. The van der Waals surface area contributed by atoms with Crippen LogP contribution in [0.15, 0.2) is 40.9 Å². The molecule has 0 saturated carbocycles. The van der Waals surface area contributed by atoms with Gasteiger partial charge >= 0.3 is 0 Å². The zero-order chi connectivity index (χ0) is 14.8. The van der Waals surface area contributed by atoms with Gasteiger partial charge in [-0.15, -0.1) is 0 Å². The van der Waals surface area contributed by atoms with Crippen LogP contribution in [-0.4, -0.2) is 12.6 Å². The molecule has 6 heteroatoms. The SMILES string of the molecule is N=C(N)c1ccc(OCc2ccc3c(c2)OCO3)c(Br)c1. The predicted molar refractivity (Wildman–Crippen MR) is 82.1 cm³/mol. The summed E-state index contributed by atoms with van der Waals surface area (Å²) in [7, 11) is 0. The number of rotatable bonds is 4. The van der Waals surface area contributed by atoms with E-state index >= 15 is 0 Å². The molecule has 0 aliphatic carbocycles. The van der Waals surface area contributed by atoms with Crippen molar-refractivity contribution in [2.24, 2.45) is 5.73 Å². The Morgan fingerprint density at radius 2 is 2.00 bits per heavy atom. The molecule has 0 bridgehead atoms. The van der Waals surface area contributed by atoms with Crippen LogP contribution in [0.25, 0.3) is 0 Å². The lowest BCUT2D eigenvalue weighted by Gasteiger charge is -2.10. The van der Waals surface area contributed by atoms with Gasteiger partial charge in [-0.05, 0) is 51.8 Å². The second kappa shape index (κ2) is 5.65. The van der Waals surface area contributed by atoms with Gasteiger partial charge in [0.1, 0.15) is 18.2 Å². The minimum Gasteiger partial charge on any atom is -0.488 e. The van der Waals surface area contributed by atoms with Gasteiger partial charge in [0.2, 0.25) is 6.79 Å². The van der Waals surface area contributed by atoms with Gasteiger partial charge in [-0.2, -0.15) is 0 Å². The van der Waals surface area contributed by atoms with Crippen molar-refractivity contribution >= 4 is 21.8 Å². The maximum absolute atomic E-state index is 7.40. The van der Waals surface area contributed by atoms with E-state index in [1.807, 2.05) is 18.2 Å². The van der Waals surface area contributed by atoms with Crippen LogP contribution in [0.5, 0.6) is 17.2 Å². The highest BCUT2D eigenvalue weighted by Gasteiger charge is 2.13. The molecule has 3 rings (SSSR count). The molecule has 5 nitrogen and oxygen atoms in total. The second-order valence-corrected chi connectivity index (χ2v) is 5.39.